The first-order chi connectivity index (χ1) is 13.2. The first kappa shape index (κ1) is 17.0. The minimum atomic E-state index is -0.112. The molecule has 2 heterocycles. The smallest absolute Gasteiger partial charge is 0.226 e. The Hall–Kier alpha value is -3.41. The maximum atomic E-state index is 12.4. The molecule has 4 rings (SSSR count). The van der Waals surface area contributed by atoms with Crippen molar-refractivity contribution < 1.29 is 4.79 Å². The fourth-order valence-electron chi connectivity index (χ4n) is 3.32. The van der Waals surface area contributed by atoms with E-state index in [2.05, 4.69) is 21.9 Å². The van der Waals surface area contributed by atoms with Gasteiger partial charge in [0.1, 0.15) is 0 Å². The van der Waals surface area contributed by atoms with Gasteiger partial charge in [-0.15, -0.1) is 0 Å². The van der Waals surface area contributed by atoms with Crippen LogP contribution in [0.5, 0.6) is 0 Å². The lowest BCUT2D eigenvalue weighted by molar-refractivity contribution is -0.116. The molecule has 0 atom stereocenters. The average molecular weight is 360 g/mol. The van der Waals surface area contributed by atoms with E-state index in [1.165, 1.54) is 6.20 Å². The Labute approximate surface area is 156 Å². The second-order valence-corrected chi connectivity index (χ2v) is 6.42. The third-order valence-electron chi connectivity index (χ3n) is 4.71. The second kappa shape index (κ2) is 7.07. The van der Waals surface area contributed by atoms with E-state index in [0.717, 1.165) is 28.7 Å². The summed E-state index contributed by atoms with van der Waals surface area (Å²) < 4.78 is 3.86. The summed E-state index contributed by atoms with van der Waals surface area (Å²) in [6, 6.07) is 15.3. The van der Waals surface area contributed by atoms with Crippen LogP contribution in [0.15, 0.2) is 65.7 Å². The van der Waals surface area contributed by atoms with Crippen molar-refractivity contribution in [2.75, 3.05) is 5.32 Å². The molecule has 1 amide bonds. The van der Waals surface area contributed by atoms with Gasteiger partial charge in [-0.05, 0) is 43.3 Å². The molecular weight excluding hydrogens is 340 g/mol. The Morgan fingerprint density at radius 3 is 2.81 bits per heavy atom. The molecule has 6 heteroatoms. The van der Waals surface area contributed by atoms with E-state index in [1.54, 1.807) is 10.7 Å². The van der Waals surface area contributed by atoms with E-state index >= 15 is 0 Å². The molecule has 27 heavy (non-hydrogen) atoms. The number of benzene rings is 2. The van der Waals surface area contributed by atoms with Gasteiger partial charge in [0.05, 0.1) is 18.3 Å². The van der Waals surface area contributed by atoms with E-state index in [9.17, 15) is 9.59 Å². The van der Waals surface area contributed by atoms with E-state index < -0.39 is 0 Å². The Balaban J connectivity index is 1.47. The van der Waals surface area contributed by atoms with Crippen molar-refractivity contribution >= 4 is 33.4 Å². The van der Waals surface area contributed by atoms with Crippen LogP contribution in [0.1, 0.15) is 13.3 Å². The fraction of sp³-hybridized carbons (Fsp3) is 0.190. The minimum Gasteiger partial charge on any atom is -0.348 e. The van der Waals surface area contributed by atoms with Crippen LogP contribution >= 0.6 is 0 Å². The van der Waals surface area contributed by atoms with E-state index in [-0.39, 0.29) is 17.8 Å². The van der Waals surface area contributed by atoms with Crippen molar-refractivity contribution in [3.8, 4) is 0 Å². The quantitative estimate of drug-likeness (QED) is 0.593. The molecule has 0 bridgehead atoms. The van der Waals surface area contributed by atoms with Gasteiger partial charge in [0.25, 0.3) is 0 Å². The molecule has 4 aromatic rings. The van der Waals surface area contributed by atoms with Gasteiger partial charge in [-0.1, -0.05) is 12.1 Å². The van der Waals surface area contributed by atoms with Crippen LogP contribution in [0.25, 0.3) is 21.8 Å². The molecule has 2 aromatic heterocycles. The summed E-state index contributed by atoms with van der Waals surface area (Å²) in [5.74, 6) is -0.0890. The van der Waals surface area contributed by atoms with Crippen LogP contribution in [0, 0.1) is 0 Å². The molecule has 0 aliphatic rings. The summed E-state index contributed by atoms with van der Waals surface area (Å²) in [6.07, 6.45) is 3.61. The van der Waals surface area contributed by atoms with Gasteiger partial charge < -0.3 is 9.88 Å². The molecule has 1 N–H and O–H groups in total. The first-order valence-electron chi connectivity index (χ1n) is 8.99. The van der Waals surface area contributed by atoms with Crippen molar-refractivity contribution in [3.05, 3.63) is 71.1 Å². The maximum absolute atomic E-state index is 12.4. The normalized spacial score (nSPS) is 11.1. The Kier molecular flexibility index (Phi) is 4.46. The third-order valence-corrected chi connectivity index (χ3v) is 4.71. The molecule has 6 nitrogen and oxygen atoms in total. The molecule has 0 unspecified atom stereocenters. The van der Waals surface area contributed by atoms with Crippen LogP contribution < -0.4 is 10.7 Å². The van der Waals surface area contributed by atoms with E-state index in [0.29, 0.717) is 11.9 Å². The van der Waals surface area contributed by atoms with Crippen LogP contribution in [0.2, 0.25) is 0 Å². The number of amides is 1. The van der Waals surface area contributed by atoms with Gasteiger partial charge in [0, 0.05) is 41.1 Å². The second-order valence-electron chi connectivity index (χ2n) is 6.42. The summed E-state index contributed by atoms with van der Waals surface area (Å²) in [4.78, 5) is 24.3. The number of hydrogen-bond donors (Lipinski definition) is 1. The summed E-state index contributed by atoms with van der Waals surface area (Å²) in [7, 11) is 0. The van der Waals surface area contributed by atoms with Gasteiger partial charge in [-0.3, -0.25) is 14.3 Å². The molecule has 0 aliphatic carbocycles. The monoisotopic (exact) mass is 360 g/mol. The van der Waals surface area contributed by atoms with Gasteiger partial charge in [0.2, 0.25) is 11.3 Å². The highest BCUT2D eigenvalue weighted by Gasteiger charge is 2.08. The van der Waals surface area contributed by atoms with E-state index in [4.69, 9.17) is 0 Å². The first-order valence-corrected chi connectivity index (χ1v) is 8.99. The summed E-state index contributed by atoms with van der Waals surface area (Å²) in [6.45, 7) is 3.42. The number of anilines is 1. The highest BCUT2D eigenvalue weighted by Crippen LogP contribution is 2.20. The highest BCUT2D eigenvalue weighted by molar-refractivity contribution is 5.94. The van der Waals surface area contributed by atoms with Crippen LogP contribution in [0.4, 0.5) is 5.69 Å². The predicted molar refractivity (Wildman–Crippen MR) is 107 cm³/mol. The summed E-state index contributed by atoms with van der Waals surface area (Å²) in [5, 5.41) is 8.81. The standard InChI is InChI=1S/C21H20N4O2/c1-2-24-11-9-15-13-16(7-8-18(15)24)23-21(27)10-12-25-19-6-4-3-5-17(19)20(26)14-22-25/h3-9,11,13-14H,2,10,12H2,1H3,(H,23,27). The number of carbonyl (C=O) groups excluding carboxylic acids is 1. The van der Waals surface area contributed by atoms with Crippen LogP contribution in [-0.2, 0) is 17.9 Å². The number of para-hydroxylation sites is 1. The average Bonchev–Trinajstić information content (AvgIpc) is 3.10. The molecule has 0 saturated carbocycles. The van der Waals surface area contributed by atoms with Crippen molar-refractivity contribution in [1.29, 1.82) is 0 Å². The Morgan fingerprint density at radius 1 is 1.11 bits per heavy atom. The molecule has 0 spiro atoms. The Morgan fingerprint density at radius 2 is 1.96 bits per heavy atom. The topological polar surface area (TPSA) is 68.9 Å². The number of rotatable bonds is 5. The number of carbonyl (C=O) groups is 1. The Bertz CT molecular complexity index is 1190. The van der Waals surface area contributed by atoms with Gasteiger partial charge >= 0.3 is 0 Å². The lowest BCUT2D eigenvalue weighted by Gasteiger charge is -2.10. The van der Waals surface area contributed by atoms with E-state index in [1.807, 2.05) is 48.7 Å². The number of hydrogen-bond acceptors (Lipinski definition) is 3. The minimum absolute atomic E-state index is 0.0890. The van der Waals surface area contributed by atoms with Crippen molar-refractivity contribution in [2.45, 2.75) is 26.4 Å². The molecule has 136 valence electrons. The zero-order chi connectivity index (χ0) is 18.8. The summed E-state index contributed by atoms with van der Waals surface area (Å²) >= 11 is 0. The number of aryl methyl sites for hydroxylation is 2. The SMILES string of the molecule is CCn1ccc2cc(NC(=O)CCn3ncc(=O)c4ccccc43)ccc21. The number of fused-ring (bicyclic) bond motifs is 2. The van der Waals surface area contributed by atoms with Gasteiger partial charge in [0.15, 0.2) is 0 Å². The number of nitrogens with zero attached hydrogens (tertiary/aromatic N) is 3. The van der Waals surface area contributed by atoms with Crippen LogP contribution in [0.3, 0.4) is 0 Å². The van der Waals surface area contributed by atoms with Crippen LogP contribution in [-0.4, -0.2) is 20.3 Å². The van der Waals surface area contributed by atoms with Crippen molar-refractivity contribution in [1.82, 2.24) is 14.3 Å². The number of aromatic nitrogens is 3. The largest absolute Gasteiger partial charge is 0.348 e. The molecule has 0 saturated heterocycles. The highest BCUT2D eigenvalue weighted by atomic mass is 16.1. The molecule has 0 fully saturated rings. The molecular formula is C21H20N4O2. The lowest BCUT2D eigenvalue weighted by atomic mass is 10.2. The zero-order valence-electron chi connectivity index (χ0n) is 15.1. The molecule has 0 radical (unpaired) electrons. The van der Waals surface area contributed by atoms with Crippen molar-refractivity contribution in [2.24, 2.45) is 0 Å². The molecule has 2 aromatic carbocycles. The summed E-state index contributed by atoms with van der Waals surface area (Å²) in [5.41, 5.74) is 2.55. The van der Waals surface area contributed by atoms with Gasteiger partial charge in [-0.25, -0.2) is 0 Å². The van der Waals surface area contributed by atoms with Crippen molar-refractivity contribution in [3.63, 3.8) is 0 Å². The predicted octanol–water partition coefficient (Wildman–Crippen LogP) is 3.40. The maximum Gasteiger partial charge on any atom is 0.226 e. The number of nitrogens with one attached hydrogen (secondary N) is 1. The lowest BCUT2D eigenvalue weighted by Crippen LogP contribution is -2.18. The van der Waals surface area contributed by atoms with Gasteiger partial charge in [-0.2, -0.15) is 5.10 Å². The fourth-order valence-corrected chi connectivity index (χ4v) is 3.32. The zero-order valence-corrected chi connectivity index (χ0v) is 15.1. The third kappa shape index (κ3) is 3.33. The molecule has 0 aliphatic heterocycles.